The second-order valence-corrected chi connectivity index (χ2v) is 6.82. The van der Waals surface area contributed by atoms with E-state index in [0.717, 1.165) is 60.4 Å². The van der Waals surface area contributed by atoms with Crippen molar-refractivity contribution in [1.82, 2.24) is 14.9 Å². The summed E-state index contributed by atoms with van der Waals surface area (Å²) < 4.78 is 5.28. The minimum Gasteiger partial charge on any atom is -0.497 e. The van der Waals surface area contributed by atoms with Crippen LogP contribution >= 0.6 is 0 Å². The van der Waals surface area contributed by atoms with E-state index in [2.05, 4.69) is 35.0 Å². The van der Waals surface area contributed by atoms with Crippen LogP contribution in [0.15, 0.2) is 60.7 Å². The number of benzene rings is 2. The summed E-state index contributed by atoms with van der Waals surface area (Å²) in [5.74, 6) is 1.64. The quantitative estimate of drug-likeness (QED) is 0.711. The first-order valence-electron chi connectivity index (χ1n) is 9.25. The molecule has 0 unspecified atom stereocenters. The first-order chi connectivity index (χ1) is 13.2. The molecule has 27 heavy (non-hydrogen) atoms. The number of anilines is 1. The van der Waals surface area contributed by atoms with Crippen LogP contribution in [0, 0.1) is 0 Å². The van der Waals surface area contributed by atoms with Gasteiger partial charge < -0.3 is 14.5 Å². The molecule has 0 saturated carbocycles. The highest BCUT2D eigenvalue weighted by atomic mass is 16.5. The Bertz CT molecular complexity index is 888. The second-order valence-electron chi connectivity index (χ2n) is 6.82. The van der Waals surface area contributed by atoms with E-state index in [4.69, 9.17) is 14.7 Å². The zero-order chi connectivity index (χ0) is 18.6. The smallest absolute Gasteiger partial charge is 0.226 e. The highest BCUT2D eigenvalue weighted by Crippen LogP contribution is 2.27. The van der Waals surface area contributed by atoms with E-state index in [0.29, 0.717) is 0 Å². The predicted molar refractivity (Wildman–Crippen MR) is 109 cm³/mol. The number of methoxy groups -OCH3 is 1. The third-order valence-electron chi connectivity index (χ3n) is 4.96. The Kier molecular flexibility index (Phi) is 5.03. The van der Waals surface area contributed by atoms with Crippen molar-refractivity contribution in [3.63, 3.8) is 0 Å². The average molecular weight is 360 g/mol. The maximum absolute atomic E-state index is 5.28. The minimum atomic E-state index is 0.801. The molecule has 0 spiro atoms. The molecular weight excluding hydrogens is 336 g/mol. The number of hydrogen-bond acceptors (Lipinski definition) is 5. The van der Waals surface area contributed by atoms with E-state index in [-0.39, 0.29) is 0 Å². The van der Waals surface area contributed by atoms with Gasteiger partial charge in [0, 0.05) is 37.3 Å². The summed E-state index contributed by atoms with van der Waals surface area (Å²) in [6, 6.07) is 20.4. The van der Waals surface area contributed by atoms with Crippen molar-refractivity contribution in [2.75, 3.05) is 45.2 Å². The molecule has 0 bridgehead atoms. The Hall–Kier alpha value is -2.92. The number of nitrogens with zero attached hydrogens (tertiary/aromatic N) is 4. The molecule has 2 aromatic carbocycles. The molecule has 1 saturated heterocycles. The van der Waals surface area contributed by atoms with E-state index in [1.54, 1.807) is 7.11 Å². The molecule has 5 nitrogen and oxygen atoms in total. The molecule has 3 aromatic rings. The monoisotopic (exact) mass is 360 g/mol. The van der Waals surface area contributed by atoms with Crippen LogP contribution in [-0.4, -0.2) is 55.2 Å². The van der Waals surface area contributed by atoms with Crippen molar-refractivity contribution in [1.29, 1.82) is 0 Å². The van der Waals surface area contributed by atoms with Crippen molar-refractivity contribution in [3.05, 3.63) is 60.7 Å². The largest absolute Gasteiger partial charge is 0.497 e. The summed E-state index contributed by atoms with van der Waals surface area (Å²) in [4.78, 5) is 14.4. The molecule has 1 aromatic heterocycles. The lowest BCUT2D eigenvalue weighted by molar-refractivity contribution is 0.311. The minimum absolute atomic E-state index is 0.801. The van der Waals surface area contributed by atoms with Crippen molar-refractivity contribution >= 4 is 5.95 Å². The molecule has 1 aliphatic heterocycles. The predicted octanol–water partition coefficient (Wildman–Crippen LogP) is 3.57. The SMILES string of the molecule is COc1ccc(-c2cc(-c3ccccc3)nc(N3CCN(C)CC3)n2)cc1. The van der Waals surface area contributed by atoms with Crippen LogP contribution in [0.3, 0.4) is 0 Å². The molecule has 0 radical (unpaired) electrons. The summed E-state index contributed by atoms with van der Waals surface area (Å²) in [5.41, 5.74) is 4.04. The van der Waals surface area contributed by atoms with Gasteiger partial charge in [0.25, 0.3) is 0 Å². The molecule has 0 atom stereocenters. The fraction of sp³-hybridized carbons (Fsp3) is 0.273. The number of piperazine rings is 1. The Morgan fingerprint density at radius 2 is 1.37 bits per heavy atom. The van der Waals surface area contributed by atoms with Crippen molar-refractivity contribution in [2.24, 2.45) is 0 Å². The fourth-order valence-electron chi connectivity index (χ4n) is 3.25. The summed E-state index contributed by atoms with van der Waals surface area (Å²) in [5, 5.41) is 0. The Morgan fingerprint density at radius 1 is 0.778 bits per heavy atom. The Balaban J connectivity index is 1.76. The first-order valence-corrected chi connectivity index (χ1v) is 9.25. The molecular formula is C22H24N4O. The molecule has 138 valence electrons. The molecule has 4 rings (SSSR count). The maximum Gasteiger partial charge on any atom is 0.226 e. The van der Waals surface area contributed by atoms with Gasteiger partial charge in [-0.25, -0.2) is 9.97 Å². The summed E-state index contributed by atoms with van der Waals surface area (Å²) in [6.45, 7) is 3.93. The van der Waals surface area contributed by atoms with Crippen LogP contribution in [0.5, 0.6) is 5.75 Å². The van der Waals surface area contributed by atoms with Crippen LogP contribution < -0.4 is 9.64 Å². The van der Waals surface area contributed by atoms with Crippen molar-refractivity contribution in [2.45, 2.75) is 0 Å². The van der Waals surface area contributed by atoms with Gasteiger partial charge in [0.2, 0.25) is 5.95 Å². The van der Waals surface area contributed by atoms with Gasteiger partial charge in [-0.05, 0) is 37.4 Å². The summed E-state index contributed by atoms with van der Waals surface area (Å²) in [6.07, 6.45) is 0. The maximum atomic E-state index is 5.28. The molecule has 0 N–H and O–H groups in total. The van der Waals surface area contributed by atoms with Crippen LogP contribution in [0.4, 0.5) is 5.95 Å². The zero-order valence-corrected chi connectivity index (χ0v) is 15.8. The lowest BCUT2D eigenvalue weighted by Crippen LogP contribution is -2.45. The van der Waals surface area contributed by atoms with Gasteiger partial charge in [-0.1, -0.05) is 30.3 Å². The van der Waals surface area contributed by atoms with Gasteiger partial charge >= 0.3 is 0 Å². The summed E-state index contributed by atoms with van der Waals surface area (Å²) >= 11 is 0. The molecule has 1 aliphatic rings. The van der Waals surface area contributed by atoms with Crippen molar-refractivity contribution in [3.8, 4) is 28.3 Å². The number of rotatable bonds is 4. The highest BCUT2D eigenvalue weighted by Gasteiger charge is 2.18. The molecule has 0 amide bonds. The van der Waals surface area contributed by atoms with Gasteiger partial charge in [-0.15, -0.1) is 0 Å². The topological polar surface area (TPSA) is 41.5 Å². The molecule has 2 heterocycles. The van der Waals surface area contributed by atoms with Crippen LogP contribution in [0.25, 0.3) is 22.5 Å². The van der Waals surface area contributed by atoms with Crippen molar-refractivity contribution < 1.29 is 4.74 Å². The van der Waals surface area contributed by atoms with E-state index in [1.165, 1.54) is 0 Å². The van der Waals surface area contributed by atoms with E-state index < -0.39 is 0 Å². The number of aromatic nitrogens is 2. The lowest BCUT2D eigenvalue weighted by Gasteiger charge is -2.32. The molecule has 0 aliphatic carbocycles. The summed E-state index contributed by atoms with van der Waals surface area (Å²) in [7, 11) is 3.83. The molecule has 1 fully saturated rings. The second kappa shape index (κ2) is 7.76. The van der Waals surface area contributed by atoms with E-state index in [1.807, 2.05) is 42.5 Å². The van der Waals surface area contributed by atoms with E-state index >= 15 is 0 Å². The molecule has 5 heteroatoms. The fourth-order valence-corrected chi connectivity index (χ4v) is 3.25. The number of ether oxygens (including phenoxy) is 1. The zero-order valence-electron chi connectivity index (χ0n) is 15.8. The Morgan fingerprint density at radius 3 is 1.96 bits per heavy atom. The number of hydrogen-bond donors (Lipinski definition) is 0. The van der Waals surface area contributed by atoms with E-state index in [9.17, 15) is 0 Å². The third-order valence-corrected chi connectivity index (χ3v) is 4.96. The van der Waals surface area contributed by atoms with Gasteiger partial charge in [-0.2, -0.15) is 0 Å². The van der Waals surface area contributed by atoms with Crippen LogP contribution in [-0.2, 0) is 0 Å². The lowest BCUT2D eigenvalue weighted by atomic mass is 10.1. The average Bonchev–Trinajstić information content (AvgIpc) is 2.74. The van der Waals surface area contributed by atoms with Crippen LogP contribution in [0.1, 0.15) is 0 Å². The first kappa shape index (κ1) is 17.5. The number of likely N-dealkylation sites (N-methyl/N-ethyl adjacent to an activating group) is 1. The van der Waals surface area contributed by atoms with Gasteiger partial charge in [-0.3, -0.25) is 0 Å². The normalized spacial score (nSPS) is 15.0. The van der Waals surface area contributed by atoms with Gasteiger partial charge in [0.15, 0.2) is 0 Å². The van der Waals surface area contributed by atoms with Gasteiger partial charge in [0.1, 0.15) is 5.75 Å². The Labute approximate surface area is 160 Å². The highest BCUT2D eigenvalue weighted by molar-refractivity contribution is 5.70. The van der Waals surface area contributed by atoms with Gasteiger partial charge in [0.05, 0.1) is 18.5 Å². The van der Waals surface area contributed by atoms with Crippen LogP contribution in [0.2, 0.25) is 0 Å². The standard InChI is InChI=1S/C22H24N4O/c1-25-12-14-26(15-13-25)22-23-20(17-6-4-3-5-7-17)16-21(24-22)18-8-10-19(27-2)11-9-18/h3-11,16H,12-15H2,1-2H3. The third kappa shape index (κ3) is 3.93.